The molecule has 5 N–H and O–H groups in total. The van der Waals surface area contributed by atoms with E-state index in [1.54, 1.807) is 60.7 Å². The van der Waals surface area contributed by atoms with E-state index in [0.29, 0.717) is 11.4 Å². The summed E-state index contributed by atoms with van der Waals surface area (Å²) in [4.78, 5) is 54.8. The van der Waals surface area contributed by atoms with Gasteiger partial charge >= 0.3 is 11.9 Å². The van der Waals surface area contributed by atoms with Gasteiger partial charge in [0.15, 0.2) is 11.6 Å². The number of carbonyl (C=O) groups excluding carboxylic acids is 3. The van der Waals surface area contributed by atoms with Crippen LogP contribution in [0.4, 0.5) is 11.4 Å². The number of hydrogen-bond acceptors (Lipinski definition) is 13. The molecule has 6 aromatic rings. The molecule has 354 valence electrons. The largest absolute Gasteiger partial charge is 0.480 e. The fourth-order valence-electron chi connectivity index (χ4n) is 5.12. The molecule has 6 rings (SSSR count). The molecular formula is C37H28Cl8N10O10S2. The van der Waals surface area contributed by atoms with Crippen molar-refractivity contribution in [2.75, 3.05) is 30.8 Å². The first-order valence-corrected chi connectivity index (χ1v) is 24.0. The Hall–Kier alpha value is -4.82. The third kappa shape index (κ3) is 14.1. The number of carboxylic acids is 1. The topological polar surface area (TPSA) is 276 Å². The van der Waals surface area contributed by atoms with Gasteiger partial charge in [-0.2, -0.15) is 9.44 Å². The molecule has 0 atom stereocenters. The highest BCUT2D eigenvalue weighted by atomic mass is 35.6. The second kappa shape index (κ2) is 22.1. The van der Waals surface area contributed by atoms with Gasteiger partial charge in [0.05, 0.1) is 49.7 Å². The van der Waals surface area contributed by atoms with Crippen molar-refractivity contribution in [3.8, 4) is 11.4 Å². The normalized spacial score (nSPS) is 11.8. The van der Waals surface area contributed by atoms with Crippen LogP contribution in [0.2, 0.25) is 10.0 Å². The minimum Gasteiger partial charge on any atom is -0.480 e. The maximum atomic E-state index is 12.8. The van der Waals surface area contributed by atoms with Gasteiger partial charge in [-0.15, -0.1) is 10.2 Å². The monoisotopic (exact) mass is 1120 g/mol. The lowest BCUT2D eigenvalue weighted by molar-refractivity contribution is -0.139. The molecule has 0 spiro atoms. The number of esters is 1. The van der Waals surface area contributed by atoms with Crippen molar-refractivity contribution in [2.24, 2.45) is 0 Å². The lowest BCUT2D eigenvalue weighted by atomic mass is 10.3. The average molecular weight is 1120 g/mol. The van der Waals surface area contributed by atoms with Crippen molar-refractivity contribution in [3.63, 3.8) is 0 Å². The Kier molecular flexibility index (Phi) is 17.5. The van der Waals surface area contributed by atoms with Crippen LogP contribution < -0.4 is 20.1 Å². The summed E-state index contributed by atoms with van der Waals surface area (Å²) in [5.74, 6) is -4.61. The summed E-state index contributed by atoms with van der Waals surface area (Å²) in [5, 5.41) is 21.6. The van der Waals surface area contributed by atoms with E-state index in [2.05, 4.69) is 40.3 Å². The second-order valence-corrected chi connectivity index (χ2v) is 21.7. The molecule has 0 aliphatic heterocycles. The summed E-state index contributed by atoms with van der Waals surface area (Å²) in [6, 6.07) is 24.1. The van der Waals surface area contributed by atoms with Crippen molar-refractivity contribution in [1.82, 2.24) is 39.0 Å². The molecule has 67 heavy (non-hydrogen) atoms. The van der Waals surface area contributed by atoms with Crippen molar-refractivity contribution >= 4 is 148 Å². The summed E-state index contributed by atoms with van der Waals surface area (Å²) in [6.45, 7) is -1.37. The van der Waals surface area contributed by atoms with Gasteiger partial charge in [-0.05, 0) is 60.7 Å². The van der Waals surface area contributed by atoms with E-state index in [1.807, 2.05) is 4.72 Å². The van der Waals surface area contributed by atoms with E-state index in [4.69, 9.17) is 97.9 Å². The molecule has 0 fully saturated rings. The SMILES string of the molecule is COC(=O)CNS(=O)(=O)c1ccc(NC(=O)c2nc(C(Cl)(Cl)Cl)n(-c3ccccc3)n2)c(Cl)c1.O=C(O)CNS(=O)(=O)c1ccc(NC(=O)c2nc(C(Cl)(Cl)Cl)n(-c3ccccc3)n2)c(Cl)c1. The van der Waals surface area contributed by atoms with Crippen molar-refractivity contribution < 1.29 is 45.9 Å². The zero-order chi connectivity index (χ0) is 49.5. The number of alkyl halides is 6. The van der Waals surface area contributed by atoms with Crippen LogP contribution in [-0.4, -0.2) is 95.4 Å². The third-order valence-corrected chi connectivity index (χ3v) is 12.6. The number of methoxy groups -OCH3 is 1. The van der Waals surface area contributed by atoms with Gasteiger partial charge in [0.25, 0.3) is 11.8 Å². The number of para-hydroxylation sites is 2. The fourth-order valence-corrected chi connectivity index (χ4v) is 8.43. The molecule has 2 heterocycles. The smallest absolute Gasteiger partial charge is 0.320 e. The van der Waals surface area contributed by atoms with Crippen molar-refractivity contribution in [1.29, 1.82) is 0 Å². The van der Waals surface area contributed by atoms with Crippen molar-refractivity contribution in [2.45, 2.75) is 17.4 Å². The highest BCUT2D eigenvalue weighted by Crippen LogP contribution is 2.39. The molecule has 20 nitrogen and oxygen atoms in total. The van der Waals surface area contributed by atoms with E-state index in [9.17, 15) is 36.0 Å². The molecule has 0 aliphatic rings. The van der Waals surface area contributed by atoms with Gasteiger partial charge in [0, 0.05) is 0 Å². The molecule has 30 heteroatoms. The number of nitrogens with one attached hydrogen (secondary N) is 4. The molecule has 0 radical (unpaired) electrons. The number of carbonyl (C=O) groups is 4. The lowest BCUT2D eigenvalue weighted by Crippen LogP contribution is -2.30. The highest BCUT2D eigenvalue weighted by Gasteiger charge is 2.34. The zero-order valence-electron chi connectivity index (χ0n) is 33.3. The van der Waals surface area contributed by atoms with Crippen LogP contribution in [0.25, 0.3) is 11.4 Å². The Balaban J connectivity index is 0.000000251. The molecule has 0 saturated heterocycles. The number of benzene rings is 4. The van der Waals surface area contributed by atoms with Crippen LogP contribution in [0, 0.1) is 0 Å². The summed E-state index contributed by atoms with van der Waals surface area (Å²) in [5.41, 5.74) is 1.12. The number of rotatable bonds is 14. The minimum atomic E-state index is -4.12. The van der Waals surface area contributed by atoms with Crippen LogP contribution >= 0.6 is 92.8 Å². The molecule has 0 saturated carbocycles. The number of anilines is 2. The Morgan fingerprint density at radius 1 is 0.612 bits per heavy atom. The summed E-state index contributed by atoms with van der Waals surface area (Å²) in [7, 11) is -7.06. The number of aliphatic carboxylic acids is 1. The van der Waals surface area contributed by atoms with Crippen LogP contribution in [0.1, 0.15) is 32.9 Å². The van der Waals surface area contributed by atoms with Gasteiger partial charge in [-0.25, -0.2) is 36.2 Å². The van der Waals surface area contributed by atoms with Gasteiger partial charge < -0.3 is 20.5 Å². The number of amides is 2. The number of aromatic nitrogens is 6. The molecule has 2 amide bonds. The number of hydrogen-bond donors (Lipinski definition) is 5. The van der Waals surface area contributed by atoms with Crippen LogP contribution in [0.3, 0.4) is 0 Å². The van der Waals surface area contributed by atoms with E-state index in [-0.39, 0.29) is 54.5 Å². The second-order valence-electron chi connectivity index (χ2n) is 12.8. The lowest BCUT2D eigenvalue weighted by Gasteiger charge is -2.11. The molecular weight excluding hydrogens is 1090 g/mol. The zero-order valence-corrected chi connectivity index (χ0v) is 41.0. The maximum Gasteiger partial charge on any atom is 0.320 e. The Morgan fingerprint density at radius 2 is 0.985 bits per heavy atom. The first kappa shape index (κ1) is 53.1. The molecule has 0 bridgehead atoms. The molecule has 0 aliphatic carbocycles. The summed E-state index contributed by atoms with van der Waals surface area (Å²) < 4.78 is 55.7. The van der Waals surface area contributed by atoms with E-state index < -0.39 is 64.5 Å². The predicted molar refractivity (Wildman–Crippen MR) is 250 cm³/mol. The van der Waals surface area contributed by atoms with E-state index >= 15 is 0 Å². The third-order valence-electron chi connectivity index (χ3n) is 8.17. The minimum absolute atomic E-state index is 0.0466. The quantitative estimate of drug-likeness (QED) is 0.0554. The van der Waals surface area contributed by atoms with Crippen LogP contribution in [0.15, 0.2) is 107 Å². The van der Waals surface area contributed by atoms with E-state index in [1.165, 1.54) is 27.6 Å². The Labute approximate surface area is 419 Å². The Bertz CT molecular complexity index is 3040. The van der Waals surface area contributed by atoms with Gasteiger partial charge in [0.1, 0.15) is 13.1 Å². The summed E-state index contributed by atoms with van der Waals surface area (Å²) >= 11 is 48.2. The summed E-state index contributed by atoms with van der Waals surface area (Å²) in [6.07, 6.45) is 0. The molecule has 0 unspecified atom stereocenters. The predicted octanol–water partition coefficient (Wildman–Crippen LogP) is 6.81. The average Bonchev–Trinajstić information content (AvgIpc) is 3.95. The van der Waals surface area contributed by atoms with Crippen LogP contribution in [0.5, 0.6) is 0 Å². The standard InChI is InChI=1S/C19H15Cl4N5O5S.C18H13Cl4N5O5S/c1-33-15(29)10-24-34(31,32)12-7-8-14(13(20)9-12)25-17(30)16-26-18(19(21,22)23)28(27-16)11-5-3-2-4-6-11;19-12-8-11(33(31,32)23-9-14(28)29)6-7-13(12)24-16(30)15-25-17(18(20,21)22)27(26-15)10-4-2-1-3-5-10/h2-9,24H,10H2,1H3,(H,25,30);1-8,23H,9H2,(H,24,30)(H,28,29). The van der Waals surface area contributed by atoms with Crippen molar-refractivity contribution in [3.05, 3.63) is 130 Å². The Morgan fingerprint density at radius 3 is 1.31 bits per heavy atom. The maximum absolute atomic E-state index is 12.8. The molecule has 2 aromatic heterocycles. The van der Waals surface area contributed by atoms with E-state index in [0.717, 1.165) is 25.3 Å². The fraction of sp³-hybridized carbons (Fsp3) is 0.135. The number of halogens is 8. The highest BCUT2D eigenvalue weighted by molar-refractivity contribution is 7.89. The van der Waals surface area contributed by atoms with Gasteiger partial charge in [-0.3, -0.25) is 19.2 Å². The number of ether oxygens (including phenoxy) is 1. The van der Waals surface area contributed by atoms with Gasteiger partial charge in [0.2, 0.25) is 39.3 Å². The first-order valence-electron chi connectivity index (χ1n) is 18.0. The van der Waals surface area contributed by atoms with Crippen LogP contribution in [-0.2, 0) is 42.0 Å². The molecule has 4 aromatic carbocycles. The number of nitrogens with zero attached hydrogens (tertiary/aromatic N) is 6. The van der Waals surface area contributed by atoms with Gasteiger partial charge in [-0.1, -0.05) is 129 Å². The number of sulfonamides is 2. The first-order chi connectivity index (χ1) is 31.3. The number of carboxylic acid groups (broad SMARTS) is 1.